The lowest BCUT2D eigenvalue weighted by atomic mass is 10.1. The predicted octanol–water partition coefficient (Wildman–Crippen LogP) is 2.05. The van der Waals surface area contributed by atoms with E-state index in [4.69, 9.17) is 4.74 Å². The van der Waals surface area contributed by atoms with Gasteiger partial charge in [0.15, 0.2) is 0 Å². The molecule has 102 valence electrons. The van der Waals surface area contributed by atoms with E-state index >= 15 is 0 Å². The number of methoxy groups -OCH3 is 1. The second kappa shape index (κ2) is 8.19. The molecule has 0 fully saturated rings. The molecule has 1 aromatic carbocycles. The van der Waals surface area contributed by atoms with Crippen molar-refractivity contribution in [1.29, 1.82) is 0 Å². The van der Waals surface area contributed by atoms with Gasteiger partial charge in [-0.1, -0.05) is 18.2 Å². The van der Waals surface area contributed by atoms with E-state index in [-0.39, 0.29) is 11.9 Å². The average Bonchev–Trinajstić information content (AvgIpc) is 2.38. The molecule has 1 unspecified atom stereocenters. The minimum absolute atomic E-state index is 0.0791. The molecular formula is C14H23FN2O. The summed E-state index contributed by atoms with van der Waals surface area (Å²) < 4.78 is 18.6. The third kappa shape index (κ3) is 4.72. The lowest BCUT2D eigenvalue weighted by Crippen LogP contribution is -2.32. The molecule has 0 saturated carbocycles. The molecule has 18 heavy (non-hydrogen) atoms. The van der Waals surface area contributed by atoms with Gasteiger partial charge in [0.25, 0.3) is 0 Å². The molecule has 0 radical (unpaired) electrons. The standard InChI is InChI=1S/C14H23FN2O/c1-12(13-6-4-5-7-14(13)15)17(2)10-8-16-9-11-18-3/h4-7,12,16H,8-11H2,1-3H3. The molecule has 0 aliphatic rings. The largest absolute Gasteiger partial charge is 0.383 e. The molecule has 0 aliphatic heterocycles. The summed E-state index contributed by atoms with van der Waals surface area (Å²) in [5, 5.41) is 3.28. The zero-order chi connectivity index (χ0) is 13.4. The van der Waals surface area contributed by atoms with Crippen molar-refractivity contribution >= 4 is 0 Å². The van der Waals surface area contributed by atoms with Crippen LogP contribution in [0.2, 0.25) is 0 Å². The summed E-state index contributed by atoms with van der Waals surface area (Å²) in [6.07, 6.45) is 0. The van der Waals surface area contributed by atoms with Crippen LogP contribution < -0.4 is 5.32 Å². The molecule has 0 aromatic heterocycles. The van der Waals surface area contributed by atoms with Crippen LogP contribution in [0, 0.1) is 5.82 Å². The minimum Gasteiger partial charge on any atom is -0.383 e. The summed E-state index contributed by atoms with van der Waals surface area (Å²) in [4.78, 5) is 2.14. The molecule has 0 spiro atoms. The van der Waals surface area contributed by atoms with Crippen molar-refractivity contribution in [1.82, 2.24) is 10.2 Å². The van der Waals surface area contributed by atoms with Gasteiger partial charge in [-0.15, -0.1) is 0 Å². The van der Waals surface area contributed by atoms with Crippen molar-refractivity contribution in [2.75, 3.05) is 40.4 Å². The summed E-state index contributed by atoms with van der Waals surface area (Å²) in [5.74, 6) is -0.135. The van der Waals surface area contributed by atoms with E-state index in [1.165, 1.54) is 6.07 Å². The van der Waals surface area contributed by atoms with Crippen LogP contribution in [0.3, 0.4) is 0 Å². The normalized spacial score (nSPS) is 12.9. The van der Waals surface area contributed by atoms with Crippen molar-refractivity contribution in [3.63, 3.8) is 0 Å². The summed E-state index contributed by atoms with van der Waals surface area (Å²) in [6.45, 7) is 5.33. The number of likely N-dealkylation sites (N-methyl/N-ethyl adjacent to an activating group) is 1. The average molecular weight is 254 g/mol. The highest BCUT2D eigenvalue weighted by molar-refractivity contribution is 5.20. The van der Waals surface area contributed by atoms with Crippen molar-refractivity contribution in [2.45, 2.75) is 13.0 Å². The van der Waals surface area contributed by atoms with Gasteiger partial charge < -0.3 is 10.1 Å². The highest BCUT2D eigenvalue weighted by atomic mass is 19.1. The van der Waals surface area contributed by atoms with Gasteiger partial charge in [0.05, 0.1) is 6.61 Å². The SMILES string of the molecule is COCCNCCN(C)C(C)c1ccccc1F. The smallest absolute Gasteiger partial charge is 0.127 e. The molecule has 1 atom stereocenters. The number of hydrogen-bond donors (Lipinski definition) is 1. The van der Waals surface area contributed by atoms with Crippen molar-refractivity contribution < 1.29 is 9.13 Å². The highest BCUT2D eigenvalue weighted by Gasteiger charge is 2.14. The zero-order valence-electron chi connectivity index (χ0n) is 11.4. The molecule has 0 bridgehead atoms. The maximum atomic E-state index is 13.6. The molecule has 0 amide bonds. The van der Waals surface area contributed by atoms with Crippen LogP contribution in [-0.2, 0) is 4.74 Å². The number of ether oxygens (including phenoxy) is 1. The first-order valence-corrected chi connectivity index (χ1v) is 6.31. The lowest BCUT2D eigenvalue weighted by Gasteiger charge is -2.25. The van der Waals surface area contributed by atoms with Gasteiger partial charge in [0.2, 0.25) is 0 Å². The molecule has 1 N–H and O–H groups in total. The van der Waals surface area contributed by atoms with E-state index < -0.39 is 0 Å². The summed E-state index contributed by atoms with van der Waals surface area (Å²) in [5.41, 5.74) is 0.747. The van der Waals surface area contributed by atoms with Gasteiger partial charge in [0.1, 0.15) is 5.82 Å². The molecule has 0 aliphatic carbocycles. The first-order chi connectivity index (χ1) is 8.66. The first-order valence-electron chi connectivity index (χ1n) is 6.31. The number of benzene rings is 1. The Morgan fingerprint density at radius 2 is 2.06 bits per heavy atom. The van der Waals surface area contributed by atoms with Gasteiger partial charge in [-0.2, -0.15) is 0 Å². The van der Waals surface area contributed by atoms with Crippen LogP contribution >= 0.6 is 0 Å². The number of hydrogen-bond acceptors (Lipinski definition) is 3. The maximum absolute atomic E-state index is 13.6. The topological polar surface area (TPSA) is 24.5 Å². The quantitative estimate of drug-likeness (QED) is 0.719. The maximum Gasteiger partial charge on any atom is 0.127 e. The van der Waals surface area contributed by atoms with Gasteiger partial charge in [-0.05, 0) is 20.0 Å². The molecular weight excluding hydrogens is 231 g/mol. The van der Waals surface area contributed by atoms with Crippen molar-refractivity contribution in [3.05, 3.63) is 35.6 Å². The third-order valence-electron chi connectivity index (χ3n) is 3.14. The van der Waals surface area contributed by atoms with E-state index in [2.05, 4.69) is 10.2 Å². The zero-order valence-corrected chi connectivity index (χ0v) is 11.4. The van der Waals surface area contributed by atoms with Crippen molar-refractivity contribution in [2.24, 2.45) is 0 Å². The van der Waals surface area contributed by atoms with Crippen molar-refractivity contribution in [3.8, 4) is 0 Å². The molecule has 0 saturated heterocycles. The van der Waals surface area contributed by atoms with E-state index in [1.54, 1.807) is 13.2 Å². The Bertz CT molecular complexity index is 346. The Morgan fingerprint density at radius 1 is 1.33 bits per heavy atom. The Balaban J connectivity index is 2.37. The van der Waals surface area contributed by atoms with Crippen LogP contribution in [0.15, 0.2) is 24.3 Å². The van der Waals surface area contributed by atoms with Gasteiger partial charge >= 0.3 is 0 Å². The molecule has 1 aromatic rings. The van der Waals surface area contributed by atoms with Gasteiger partial charge in [0, 0.05) is 38.3 Å². The van der Waals surface area contributed by atoms with E-state index in [0.29, 0.717) is 6.61 Å². The monoisotopic (exact) mass is 254 g/mol. The fraction of sp³-hybridized carbons (Fsp3) is 0.571. The number of nitrogens with zero attached hydrogens (tertiary/aromatic N) is 1. The third-order valence-corrected chi connectivity index (χ3v) is 3.14. The Morgan fingerprint density at radius 3 is 2.72 bits per heavy atom. The minimum atomic E-state index is -0.135. The highest BCUT2D eigenvalue weighted by Crippen LogP contribution is 2.20. The molecule has 3 nitrogen and oxygen atoms in total. The van der Waals surface area contributed by atoms with Crippen LogP contribution in [0.4, 0.5) is 4.39 Å². The van der Waals surface area contributed by atoms with Crippen LogP contribution in [0.5, 0.6) is 0 Å². The Hall–Kier alpha value is -0.970. The number of halogens is 1. The van der Waals surface area contributed by atoms with Crippen LogP contribution in [0.25, 0.3) is 0 Å². The van der Waals surface area contributed by atoms with Gasteiger partial charge in [-0.25, -0.2) is 4.39 Å². The first kappa shape index (κ1) is 15.1. The van der Waals surface area contributed by atoms with Crippen LogP contribution in [-0.4, -0.2) is 45.3 Å². The summed E-state index contributed by atoms with van der Waals surface area (Å²) >= 11 is 0. The number of rotatable bonds is 8. The predicted molar refractivity (Wildman–Crippen MR) is 72.2 cm³/mol. The van der Waals surface area contributed by atoms with E-state index in [1.807, 2.05) is 26.1 Å². The Kier molecular flexibility index (Phi) is 6.86. The second-order valence-electron chi connectivity index (χ2n) is 4.42. The summed E-state index contributed by atoms with van der Waals surface area (Å²) in [7, 11) is 3.70. The Labute approximate surface area is 109 Å². The number of nitrogens with one attached hydrogen (secondary N) is 1. The molecule has 4 heteroatoms. The van der Waals surface area contributed by atoms with Crippen LogP contribution in [0.1, 0.15) is 18.5 Å². The second-order valence-corrected chi connectivity index (χ2v) is 4.42. The van der Waals surface area contributed by atoms with E-state index in [0.717, 1.165) is 25.2 Å². The fourth-order valence-electron chi connectivity index (χ4n) is 1.80. The van der Waals surface area contributed by atoms with Gasteiger partial charge in [-0.3, -0.25) is 4.90 Å². The lowest BCUT2D eigenvalue weighted by molar-refractivity contribution is 0.195. The fourth-order valence-corrected chi connectivity index (χ4v) is 1.80. The summed E-state index contributed by atoms with van der Waals surface area (Å²) in [6, 6.07) is 7.03. The molecule has 1 rings (SSSR count). The molecule has 0 heterocycles. The van der Waals surface area contributed by atoms with E-state index in [9.17, 15) is 4.39 Å².